The van der Waals surface area contributed by atoms with Crippen molar-refractivity contribution in [2.75, 3.05) is 7.11 Å². The number of halogens is 1. The summed E-state index contributed by atoms with van der Waals surface area (Å²) in [6, 6.07) is 5.40. The van der Waals surface area contributed by atoms with Gasteiger partial charge in [-0.15, -0.1) is 0 Å². The molecule has 0 bridgehead atoms. The summed E-state index contributed by atoms with van der Waals surface area (Å²) in [7, 11) is 1.59. The van der Waals surface area contributed by atoms with Gasteiger partial charge in [0, 0.05) is 11.0 Å². The van der Waals surface area contributed by atoms with Gasteiger partial charge in [0.2, 0.25) is 0 Å². The third-order valence-corrected chi connectivity index (χ3v) is 2.75. The molecule has 0 atom stereocenters. The second-order valence-corrected chi connectivity index (χ2v) is 5.28. The number of hydrogen-bond acceptors (Lipinski definition) is 2. The van der Waals surface area contributed by atoms with E-state index in [0.717, 1.165) is 4.47 Å². The topological polar surface area (TPSA) is 26.3 Å². The largest absolute Gasteiger partial charge is 0.496 e. The number of methoxy groups -OCH3 is 1. The summed E-state index contributed by atoms with van der Waals surface area (Å²) in [5, 5.41) is 0. The Bertz CT molecular complexity index is 378. The van der Waals surface area contributed by atoms with E-state index in [2.05, 4.69) is 15.9 Å². The number of rotatable bonds is 2. The van der Waals surface area contributed by atoms with Gasteiger partial charge in [-0.2, -0.15) is 0 Å². The number of carbonyl (C=O) groups is 1. The van der Waals surface area contributed by atoms with E-state index >= 15 is 0 Å². The molecule has 3 heteroatoms. The minimum atomic E-state index is -0.362. The van der Waals surface area contributed by atoms with Crippen LogP contribution in [-0.4, -0.2) is 12.9 Å². The number of ether oxygens (including phenoxy) is 1. The maximum atomic E-state index is 12.0. The summed E-state index contributed by atoms with van der Waals surface area (Å²) in [5.41, 5.74) is 0.321. The highest BCUT2D eigenvalue weighted by Gasteiger charge is 2.23. The van der Waals surface area contributed by atoms with Gasteiger partial charge in [-0.1, -0.05) is 20.8 Å². The SMILES string of the molecule is COc1cc(C(=O)C(C)(C)C)ccc1Br. The molecule has 0 aliphatic carbocycles. The van der Waals surface area contributed by atoms with Crippen LogP contribution in [-0.2, 0) is 0 Å². The van der Waals surface area contributed by atoms with E-state index in [1.165, 1.54) is 0 Å². The highest BCUT2D eigenvalue weighted by molar-refractivity contribution is 9.10. The zero-order chi connectivity index (χ0) is 11.6. The van der Waals surface area contributed by atoms with Crippen LogP contribution in [0.15, 0.2) is 22.7 Å². The molecule has 0 unspecified atom stereocenters. The monoisotopic (exact) mass is 270 g/mol. The van der Waals surface area contributed by atoms with E-state index < -0.39 is 0 Å². The lowest BCUT2D eigenvalue weighted by Gasteiger charge is -2.17. The summed E-state index contributed by atoms with van der Waals surface area (Å²) in [6.45, 7) is 5.72. The molecule has 15 heavy (non-hydrogen) atoms. The van der Waals surface area contributed by atoms with Crippen LogP contribution in [0, 0.1) is 5.41 Å². The minimum Gasteiger partial charge on any atom is -0.496 e. The predicted octanol–water partition coefficient (Wildman–Crippen LogP) is 3.69. The molecule has 82 valence electrons. The molecule has 0 saturated heterocycles. The number of Topliss-reactive ketones (excluding diaryl/α,β-unsaturated/α-hetero) is 1. The van der Waals surface area contributed by atoms with E-state index in [1.54, 1.807) is 19.2 Å². The molecule has 2 nitrogen and oxygen atoms in total. The van der Waals surface area contributed by atoms with Gasteiger partial charge in [-0.05, 0) is 34.1 Å². The fraction of sp³-hybridized carbons (Fsp3) is 0.417. The Balaban J connectivity index is 3.12. The fourth-order valence-electron chi connectivity index (χ4n) is 1.23. The van der Waals surface area contributed by atoms with Crippen LogP contribution in [0.3, 0.4) is 0 Å². The van der Waals surface area contributed by atoms with Crippen molar-refractivity contribution in [3.8, 4) is 5.75 Å². The molecule has 1 aromatic rings. The van der Waals surface area contributed by atoms with Gasteiger partial charge >= 0.3 is 0 Å². The standard InChI is InChI=1S/C12H15BrO2/c1-12(2,3)11(14)8-5-6-9(13)10(7-8)15-4/h5-7H,1-4H3. The second-order valence-electron chi connectivity index (χ2n) is 4.43. The van der Waals surface area contributed by atoms with E-state index in [1.807, 2.05) is 26.8 Å². The van der Waals surface area contributed by atoms with Crippen LogP contribution in [0.4, 0.5) is 0 Å². The minimum absolute atomic E-state index is 0.119. The van der Waals surface area contributed by atoms with E-state index in [4.69, 9.17) is 4.74 Å². The highest BCUT2D eigenvalue weighted by atomic mass is 79.9. The van der Waals surface area contributed by atoms with Crippen LogP contribution in [0.5, 0.6) is 5.75 Å². The second kappa shape index (κ2) is 4.35. The molecule has 0 N–H and O–H groups in total. The number of carbonyl (C=O) groups excluding carboxylic acids is 1. The molecule has 0 radical (unpaired) electrons. The van der Waals surface area contributed by atoms with Crippen LogP contribution in [0.25, 0.3) is 0 Å². The summed E-state index contributed by atoms with van der Waals surface area (Å²) >= 11 is 3.35. The Morgan fingerprint density at radius 2 is 1.93 bits per heavy atom. The lowest BCUT2D eigenvalue weighted by atomic mass is 9.86. The predicted molar refractivity (Wildman–Crippen MR) is 64.5 cm³/mol. The van der Waals surface area contributed by atoms with Crippen LogP contribution in [0.2, 0.25) is 0 Å². The van der Waals surface area contributed by atoms with Gasteiger partial charge in [0.15, 0.2) is 5.78 Å². The van der Waals surface area contributed by atoms with Crippen LogP contribution < -0.4 is 4.74 Å². The molecular formula is C12H15BrO2. The van der Waals surface area contributed by atoms with E-state index in [-0.39, 0.29) is 11.2 Å². The van der Waals surface area contributed by atoms with Gasteiger partial charge in [0.1, 0.15) is 5.75 Å². The van der Waals surface area contributed by atoms with Crippen molar-refractivity contribution in [1.29, 1.82) is 0 Å². The quantitative estimate of drug-likeness (QED) is 0.767. The molecule has 0 spiro atoms. The zero-order valence-corrected chi connectivity index (χ0v) is 11.0. The maximum absolute atomic E-state index is 12.0. The summed E-state index contributed by atoms with van der Waals surface area (Å²) in [6.07, 6.45) is 0. The molecule has 0 aliphatic rings. The van der Waals surface area contributed by atoms with Crippen molar-refractivity contribution < 1.29 is 9.53 Å². The van der Waals surface area contributed by atoms with E-state index in [9.17, 15) is 4.79 Å². The van der Waals surface area contributed by atoms with Crippen LogP contribution in [0.1, 0.15) is 31.1 Å². The van der Waals surface area contributed by atoms with Crippen molar-refractivity contribution in [3.05, 3.63) is 28.2 Å². The molecule has 0 amide bonds. The Hall–Kier alpha value is -0.830. The normalized spacial score (nSPS) is 11.3. The van der Waals surface area contributed by atoms with Crippen molar-refractivity contribution in [2.24, 2.45) is 5.41 Å². The lowest BCUT2D eigenvalue weighted by molar-refractivity contribution is 0.0858. The van der Waals surface area contributed by atoms with Gasteiger partial charge in [0.05, 0.1) is 11.6 Å². The number of ketones is 1. The zero-order valence-electron chi connectivity index (χ0n) is 9.43. The van der Waals surface area contributed by atoms with Crippen molar-refractivity contribution in [2.45, 2.75) is 20.8 Å². The molecule has 1 rings (SSSR count). The maximum Gasteiger partial charge on any atom is 0.168 e. The Labute approximate surface area is 98.8 Å². The first-order chi connectivity index (χ1) is 6.86. The smallest absolute Gasteiger partial charge is 0.168 e. The fourth-order valence-corrected chi connectivity index (χ4v) is 1.64. The molecule has 0 fully saturated rings. The third kappa shape index (κ3) is 2.81. The summed E-state index contributed by atoms with van der Waals surface area (Å²) < 4.78 is 6.01. The lowest BCUT2D eigenvalue weighted by Crippen LogP contribution is -2.20. The molecule has 0 saturated carbocycles. The first-order valence-corrected chi connectivity index (χ1v) is 5.54. The molecule has 0 heterocycles. The Morgan fingerprint density at radius 1 is 1.33 bits per heavy atom. The highest BCUT2D eigenvalue weighted by Crippen LogP contribution is 2.28. The number of benzene rings is 1. The van der Waals surface area contributed by atoms with Crippen LogP contribution >= 0.6 is 15.9 Å². The Kier molecular flexibility index (Phi) is 3.55. The van der Waals surface area contributed by atoms with Gasteiger partial charge < -0.3 is 4.74 Å². The average molecular weight is 271 g/mol. The number of hydrogen-bond donors (Lipinski definition) is 0. The van der Waals surface area contributed by atoms with Crippen molar-refractivity contribution >= 4 is 21.7 Å². The van der Waals surface area contributed by atoms with Crippen molar-refractivity contribution in [3.63, 3.8) is 0 Å². The molecular weight excluding hydrogens is 256 g/mol. The van der Waals surface area contributed by atoms with Crippen molar-refractivity contribution in [1.82, 2.24) is 0 Å². The molecule has 1 aromatic carbocycles. The summed E-state index contributed by atoms with van der Waals surface area (Å²) in [4.78, 5) is 12.0. The third-order valence-electron chi connectivity index (χ3n) is 2.09. The first kappa shape index (κ1) is 12.2. The van der Waals surface area contributed by atoms with Gasteiger partial charge in [-0.25, -0.2) is 0 Å². The van der Waals surface area contributed by atoms with Gasteiger partial charge in [-0.3, -0.25) is 4.79 Å². The average Bonchev–Trinajstić information content (AvgIpc) is 2.16. The summed E-state index contributed by atoms with van der Waals surface area (Å²) in [5.74, 6) is 0.804. The Morgan fingerprint density at radius 3 is 2.40 bits per heavy atom. The molecule has 0 aromatic heterocycles. The van der Waals surface area contributed by atoms with Gasteiger partial charge in [0.25, 0.3) is 0 Å². The van der Waals surface area contributed by atoms with E-state index in [0.29, 0.717) is 11.3 Å². The molecule has 0 aliphatic heterocycles. The first-order valence-electron chi connectivity index (χ1n) is 4.74.